The molecule has 2 unspecified atom stereocenters. The van der Waals surface area contributed by atoms with Crippen molar-refractivity contribution in [3.63, 3.8) is 0 Å². The molecule has 0 saturated heterocycles. The highest BCUT2D eigenvalue weighted by Gasteiger charge is 2.49. The Kier molecular flexibility index (Phi) is 4.94. The van der Waals surface area contributed by atoms with E-state index in [2.05, 4.69) is 17.4 Å². The van der Waals surface area contributed by atoms with E-state index in [0.717, 1.165) is 13.0 Å². The third-order valence-electron chi connectivity index (χ3n) is 5.54. The second kappa shape index (κ2) is 7.54. The van der Waals surface area contributed by atoms with Crippen LogP contribution in [0.15, 0.2) is 42.5 Å². The molecule has 6 nitrogen and oxygen atoms in total. The Hall–Kier alpha value is -3.02. The lowest BCUT2D eigenvalue weighted by Crippen LogP contribution is -2.37. The van der Waals surface area contributed by atoms with E-state index in [9.17, 15) is 9.59 Å². The first-order valence-corrected chi connectivity index (χ1v) is 9.49. The van der Waals surface area contributed by atoms with Gasteiger partial charge in [0.05, 0.1) is 26.1 Å². The highest BCUT2D eigenvalue weighted by Crippen LogP contribution is 2.42. The summed E-state index contributed by atoms with van der Waals surface area (Å²) in [5, 5.41) is 2.89. The predicted octanol–water partition coefficient (Wildman–Crippen LogP) is 2.86. The zero-order chi connectivity index (χ0) is 19.7. The standard InChI is InChI=1S/C22H24N2O4/c1-27-19-8-7-16(11-20(19)28-2)23-21(25)17-12-18(17)22(26)24-10-9-14-5-3-4-6-15(14)13-24/h3-8,11,17-18H,9-10,12-13H2,1-2H3,(H,23,25). The zero-order valence-electron chi connectivity index (χ0n) is 16.1. The Balaban J connectivity index is 1.36. The summed E-state index contributed by atoms with van der Waals surface area (Å²) in [5.41, 5.74) is 3.15. The molecular weight excluding hydrogens is 356 g/mol. The van der Waals surface area contributed by atoms with Crippen molar-refractivity contribution in [1.29, 1.82) is 0 Å². The first-order valence-electron chi connectivity index (χ1n) is 9.49. The molecule has 1 heterocycles. The van der Waals surface area contributed by atoms with Gasteiger partial charge < -0.3 is 19.7 Å². The molecule has 1 aliphatic carbocycles. The molecule has 1 aliphatic heterocycles. The van der Waals surface area contributed by atoms with Crippen molar-refractivity contribution in [2.75, 3.05) is 26.1 Å². The fourth-order valence-electron chi connectivity index (χ4n) is 3.82. The molecule has 2 aromatic carbocycles. The van der Waals surface area contributed by atoms with E-state index in [1.807, 2.05) is 17.0 Å². The van der Waals surface area contributed by atoms with Crippen LogP contribution in [0.2, 0.25) is 0 Å². The second-order valence-corrected chi connectivity index (χ2v) is 7.29. The number of hydrogen-bond donors (Lipinski definition) is 1. The molecule has 2 amide bonds. The number of rotatable bonds is 5. The molecule has 28 heavy (non-hydrogen) atoms. The van der Waals surface area contributed by atoms with Crippen LogP contribution in [0.25, 0.3) is 0 Å². The van der Waals surface area contributed by atoms with Gasteiger partial charge in [0.15, 0.2) is 11.5 Å². The quantitative estimate of drug-likeness (QED) is 0.866. The number of ether oxygens (including phenoxy) is 2. The molecule has 0 spiro atoms. The molecule has 1 saturated carbocycles. The van der Waals surface area contributed by atoms with Crippen LogP contribution in [0.5, 0.6) is 11.5 Å². The Morgan fingerprint density at radius 1 is 1.00 bits per heavy atom. The van der Waals surface area contributed by atoms with E-state index < -0.39 is 0 Å². The number of carbonyl (C=O) groups excluding carboxylic acids is 2. The summed E-state index contributed by atoms with van der Waals surface area (Å²) in [6, 6.07) is 13.5. The van der Waals surface area contributed by atoms with Crippen LogP contribution >= 0.6 is 0 Å². The van der Waals surface area contributed by atoms with E-state index in [1.54, 1.807) is 32.4 Å². The summed E-state index contributed by atoms with van der Waals surface area (Å²) in [7, 11) is 3.12. The summed E-state index contributed by atoms with van der Waals surface area (Å²) in [6.07, 6.45) is 1.48. The Bertz CT molecular complexity index is 911. The molecule has 6 heteroatoms. The second-order valence-electron chi connectivity index (χ2n) is 7.29. The van der Waals surface area contributed by atoms with Gasteiger partial charge in [-0.05, 0) is 36.1 Å². The fraction of sp³-hybridized carbons (Fsp3) is 0.364. The number of anilines is 1. The van der Waals surface area contributed by atoms with Crippen molar-refractivity contribution in [1.82, 2.24) is 4.90 Å². The lowest BCUT2D eigenvalue weighted by molar-refractivity contribution is -0.135. The average Bonchev–Trinajstić information content (AvgIpc) is 3.53. The van der Waals surface area contributed by atoms with Gasteiger partial charge in [0.1, 0.15) is 0 Å². The van der Waals surface area contributed by atoms with Crippen LogP contribution in [-0.2, 0) is 22.6 Å². The first kappa shape index (κ1) is 18.3. The summed E-state index contributed by atoms with van der Waals surface area (Å²) in [6.45, 7) is 1.35. The largest absolute Gasteiger partial charge is 0.493 e. The average molecular weight is 380 g/mol. The number of amides is 2. The monoisotopic (exact) mass is 380 g/mol. The Morgan fingerprint density at radius 2 is 1.75 bits per heavy atom. The third-order valence-corrected chi connectivity index (χ3v) is 5.54. The van der Waals surface area contributed by atoms with Crippen LogP contribution in [0.3, 0.4) is 0 Å². The minimum absolute atomic E-state index is 0.0852. The van der Waals surface area contributed by atoms with Crippen LogP contribution in [0, 0.1) is 11.8 Å². The van der Waals surface area contributed by atoms with Crippen LogP contribution < -0.4 is 14.8 Å². The number of benzene rings is 2. The Labute approximate surface area is 164 Å². The number of nitrogens with one attached hydrogen (secondary N) is 1. The number of carbonyl (C=O) groups is 2. The van der Waals surface area contributed by atoms with E-state index >= 15 is 0 Å². The number of methoxy groups -OCH3 is 2. The van der Waals surface area contributed by atoms with Crippen molar-refractivity contribution in [3.05, 3.63) is 53.6 Å². The minimum atomic E-state index is -0.266. The van der Waals surface area contributed by atoms with Crippen LogP contribution in [0.4, 0.5) is 5.69 Å². The van der Waals surface area contributed by atoms with Gasteiger partial charge in [-0.25, -0.2) is 0 Å². The minimum Gasteiger partial charge on any atom is -0.493 e. The van der Waals surface area contributed by atoms with Gasteiger partial charge in [-0.15, -0.1) is 0 Å². The lowest BCUT2D eigenvalue weighted by atomic mass is 9.99. The van der Waals surface area contributed by atoms with E-state index in [4.69, 9.17) is 9.47 Å². The van der Waals surface area contributed by atoms with Gasteiger partial charge in [-0.2, -0.15) is 0 Å². The maximum atomic E-state index is 12.8. The summed E-state index contributed by atoms with van der Waals surface area (Å²) < 4.78 is 10.5. The molecular formula is C22H24N2O4. The Morgan fingerprint density at radius 3 is 2.50 bits per heavy atom. The molecule has 1 N–H and O–H groups in total. The van der Waals surface area contributed by atoms with E-state index in [-0.39, 0.29) is 23.7 Å². The van der Waals surface area contributed by atoms with Crippen molar-refractivity contribution in [2.45, 2.75) is 19.4 Å². The molecule has 2 atom stereocenters. The topological polar surface area (TPSA) is 67.9 Å². The van der Waals surface area contributed by atoms with Gasteiger partial charge >= 0.3 is 0 Å². The smallest absolute Gasteiger partial charge is 0.228 e. The zero-order valence-corrected chi connectivity index (χ0v) is 16.1. The molecule has 1 fully saturated rings. The normalized spacial score (nSPS) is 20.1. The van der Waals surface area contributed by atoms with Gasteiger partial charge in [0.25, 0.3) is 0 Å². The van der Waals surface area contributed by atoms with Gasteiger partial charge in [0, 0.05) is 24.8 Å². The predicted molar refractivity (Wildman–Crippen MR) is 105 cm³/mol. The fourth-order valence-corrected chi connectivity index (χ4v) is 3.82. The molecule has 0 aromatic heterocycles. The summed E-state index contributed by atoms with van der Waals surface area (Å²) in [4.78, 5) is 27.3. The highest BCUT2D eigenvalue weighted by molar-refractivity contribution is 5.99. The summed E-state index contributed by atoms with van der Waals surface area (Å²) in [5.74, 6) is 0.633. The number of nitrogens with zero attached hydrogens (tertiary/aromatic N) is 1. The van der Waals surface area contributed by atoms with Gasteiger partial charge in [-0.3, -0.25) is 9.59 Å². The van der Waals surface area contributed by atoms with E-state index in [1.165, 1.54) is 11.1 Å². The van der Waals surface area contributed by atoms with Crippen molar-refractivity contribution in [2.24, 2.45) is 11.8 Å². The molecule has 2 aromatic rings. The number of fused-ring (bicyclic) bond motifs is 1. The molecule has 2 aliphatic rings. The van der Waals surface area contributed by atoms with Crippen LogP contribution in [-0.4, -0.2) is 37.5 Å². The van der Waals surface area contributed by atoms with E-state index in [0.29, 0.717) is 30.2 Å². The maximum Gasteiger partial charge on any atom is 0.228 e. The highest BCUT2D eigenvalue weighted by atomic mass is 16.5. The van der Waals surface area contributed by atoms with Crippen molar-refractivity contribution in [3.8, 4) is 11.5 Å². The third kappa shape index (κ3) is 3.54. The molecule has 146 valence electrons. The summed E-state index contributed by atoms with van der Waals surface area (Å²) >= 11 is 0. The molecule has 4 rings (SSSR count). The maximum absolute atomic E-state index is 12.8. The molecule has 0 bridgehead atoms. The molecule has 0 radical (unpaired) electrons. The van der Waals surface area contributed by atoms with Crippen LogP contribution in [0.1, 0.15) is 17.5 Å². The number of hydrogen-bond acceptors (Lipinski definition) is 4. The van der Waals surface area contributed by atoms with Gasteiger partial charge in [-0.1, -0.05) is 24.3 Å². The lowest BCUT2D eigenvalue weighted by Gasteiger charge is -2.29. The van der Waals surface area contributed by atoms with Gasteiger partial charge in [0.2, 0.25) is 11.8 Å². The SMILES string of the molecule is COc1ccc(NC(=O)C2CC2C(=O)N2CCc3ccccc3C2)cc1OC. The first-order chi connectivity index (χ1) is 13.6. The van der Waals surface area contributed by atoms with Crippen molar-refractivity contribution >= 4 is 17.5 Å². The van der Waals surface area contributed by atoms with Crippen molar-refractivity contribution < 1.29 is 19.1 Å².